The standard InChI is InChI=1S/C17H17N3O/c1-21-16-7-5-13(6-8-16)12-20-10-9-19-17(20)14-3-2-4-15(18)11-14/h2-11H,12,18H2,1H3. The zero-order valence-electron chi connectivity index (χ0n) is 11.9. The maximum atomic E-state index is 5.85. The summed E-state index contributed by atoms with van der Waals surface area (Å²) in [6.45, 7) is 0.758. The summed E-state index contributed by atoms with van der Waals surface area (Å²) in [6, 6.07) is 15.8. The van der Waals surface area contributed by atoms with Crippen LogP contribution in [0.5, 0.6) is 5.75 Å². The highest BCUT2D eigenvalue weighted by Crippen LogP contribution is 2.21. The molecule has 0 spiro atoms. The first-order valence-corrected chi connectivity index (χ1v) is 6.76. The molecule has 0 amide bonds. The van der Waals surface area contributed by atoms with Gasteiger partial charge in [0, 0.05) is 30.2 Å². The maximum absolute atomic E-state index is 5.85. The van der Waals surface area contributed by atoms with Gasteiger partial charge in [-0.3, -0.25) is 0 Å². The van der Waals surface area contributed by atoms with E-state index in [-0.39, 0.29) is 0 Å². The van der Waals surface area contributed by atoms with E-state index in [1.165, 1.54) is 5.56 Å². The second-order valence-corrected chi connectivity index (χ2v) is 4.85. The first kappa shape index (κ1) is 13.2. The molecular formula is C17H17N3O. The molecule has 0 atom stereocenters. The second kappa shape index (κ2) is 5.71. The van der Waals surface area contributed by atoms with Crippen LogP contribution in [0.1, 0.15) is 5.56 Å². The van der Waals surface area contributed by atoms with E-state index in [9.17, 15) is 0 Å². The van der Waals surface area contributed by atoms with Gasteiger partial charge < -0.3 is 15.0 Å². The predicted octanol–water partition coefficient (Wildman–Crippen LogP) is 3.19. The lowest BCUT2D eigenvalue weighted by molar-refractivity contribution is 0.414. The molecule has 3 rings (SSSR count). The van der Waals surface area contributed by atoms with Crippen molar-refractivity contribution < 1.29 is 4.74 Å². The van der Waals surface area contributed by atoms with Crippen molar-refractivity contribution in [2.24, 2.45) is 0 Å². The summed E-state index contributed by atoms with van der Waals surface area (Å²) in [6.07, 6.45) is 3.78. The van der Waals surface area contributed by atoms with Gasteiger partial charge in [-0.15, -0.1) is 0 Å². The molecule has 4 heteroatoms. The molecule has 0 fully saturated rings. The molecule has 0 saturated heterocycles. The SMILES string of the molecule is COc1ccc(Cn2ccnc2-c2cccc(N)c2)cc1. The third-order valence-electron chi connectivity index (χ3n) is 3.37. The topological polar surface area (TPSA) is 53.1 Å². The molecule has 0 unspecified atom stereocenters. The summed E-state index contributed by atoms with van der Waals surface area (Å²) in [5, 5.41) is 0. The number of nitrogen functional groups attached to an aromatic ring is 1. The largest absolute Gasteiger partial charge is 0.497 e. The zero-order valence-corrected chi connectivity index (χ0v) is 11.9. The highest BCUT2D eigenvalue weighted by Gasteiger charge is 2.06. The van der Waals surface area contributed by atoms with Gasteiger partial charge >= 0.3 is 0 Å². The fourth-order valence-electron chi connectivity index (χ4n) is 2.30. The van der Waals surface area contributed by atoms with Crippen LogP contribution in [-0.2, 0) is 6.54 Å². The van der Waals surface area contributed by atoms with Crippen LogP contribution in [0, 0.1) is 0 Å². The molecule has 1 heterocycles. The van der Waals surface area contributed by atoms with Crippen LogP contribution >= 0.6 is 0 Å². The van der Waals surface area contributed by atoms with Gasteiger partial charge in [-0.05, 0) is 29.8 Å². The molecule has 0 radical (unpaired) electrons. The smallest absolute Gasteiger partial charge is 0.140 e. The highest BCUT2D eigenvalue weighted by atomic mass is 16.5. The number of methoxy groups -OCH3 is 1. The Morgan fingerprint density at radius 2 is 1.95 bits per heavy atom. The minimum absolute atomic E-state index is 0.742. The van der Waals surface area contributed by atoms with Crippen LogP contribution in [0.3, 0.4) is 0 Å². The molecule has 106 valence electrons. The maximum Gasteiger partial charge on any atom is 0.140 e. The van der Waals surface area contributed by atoms with Crippen LogP contribution < -0.4 is 10.5 Å². The molecule has 0 saturated carbocycles. The number of imidazole rings is 1. The van der Waals surface area contributed by atoms with Crippen molar-refractivity contribution in [3.8, 4) is 17.1 Å². The van der Waals surface area contributed by atoms with Crippen molar-refractivity contribution in [3.05, 3.63) is 66.5 Å². The lowest BCUT2D eigenvalue weighted by Crippen LogP contribution is -2.01. The average molecular weight is 279 g/mol. The summed E-state index contributed by atoms with van der Waals surface area (Å²) in [7, 11) is 1.67. The summed E-state index contributed by atoms with van der Waals surface area (Å²) in [4.78, 5) is 4.44. The Balaban J connectivity index is 1.88. The number of nitrogens with zero attached hydrogens (tertiary/aromatic N) is 2. The minimum atomic E-state index is 0.742. The van der Waals surface area contributed by atoms with Crippen LogP contribution in [0.25, 0.3) is 11.4 Å². The number of hydrogen-bond donors (Lipinski definition) is 1. The van der Waals surface area contributed by atoms with Crippen molar-refractivity contribution in [1.82, 2.24) is 9.55 Å². The molecule has 0 aliphatic carbocycles. The van der Waals surface area contributed by atoms with Crippen molar-refractivity contribution in [2.75, 3.05) is 12.8 Å². The van der Waals surface area contributed by atoms with Crippen molar-refractivity contribution >= 4 is 5.69 Å². The predicted molar refractivity (Wildman–Crippen MR) is 84.2 cm³/mol. The molecule has 2 N–H and O–H groups in total. The fraction of sp³-hybridized carbons (Fsp3) is 0.118. The molecule has 3 aromatic rings. The molecule has 0 aliphatic heterocycles. The number of nitrogens with two attached hydrogens (primary N) is 1. The number of benzene rings is 2. The van der Waals surface area contributed by atoms with E-state index in [2.05, 4.69) is 21.7 Å². The normalized spacial score (nSPS) is 10.5. The van der Waals surface area contributed by atoms with E-state index >= 15 is 0 Å². The molecule has 4 nitrogen and oxygen atoms in total. The van der Waals surface area contributed by atoms with Crippen LogP contribution in [0.15, 0.2) is 60.9 Å². The van der Waals surface area contributed by atoms with Crippen LogP contribution in [0.4, 0.5) is 5.69 Å². The fourth-order valence-corrected chi connectivity index (χ4v) is 2.30. The average Bonchev–Trinajstić information content (AvgIpc) is 2.96. The zero-order chi connectivity index (χ0) is 14.7. The van der Waals surface area contributed by atoms with Gasteiger partial charge in [0.1, 0.15) is 11.6 Å². The lowest BCUT2D eigenvalue weighted by atomic mass is 10.1. The van der Waals surface area contributed by atoms with Gasteiger partial charge in [-0.2, -0.15) is 0 Å². The van der Waals surface area contributed by atoms with E-state index in [0.717, 1.165) is 29.4 Å². The number of hydrogen-bond acceptors (Lipinski definition) is 3. The Morgan fingerprint density at radius 3 is 2.67 bits per heavy atom. The molecule has 21 heavy (non-hydrogen) atoms. The molecule has 1 aromatic heterocycles. The van der Waals surface area contributed by atoms with E-state index in [1.807, 2.05) is 48.8 Å². The van der Waals surface area contributed by atoms with Gasteiger partial charge in [-0.25, -0.2) is 4.98 Å². The summed E-state index contributed by atoms with van der Waals surface area (Å²) >= 11 is 0. The quantitative estimate of drug-likeness (QED) is 0.746. The van der Waals surface area contributed by atoms with Crippen molar-refractivity contribution in [1.29, 1.82) is 0 Å². The lowest BCUT2D eigenvalue weighted by Gasteiger charge is -2.09. The van der Waals surface area contributed by atoms with E-state index < -0.39 is 0 Å². The highest BCUT2D eigenvalue weighted by molar-refractivity contribution is 5.61. The van der Waals surface area contributed by atoms with Gasteiger partial charge in [-0.1, -0.05) is 24.3 Å². The van der Waals surface area contributed by atoms with Gasteiger partial charge in [0.05, 0.1) is 7.11 Å². The summed E-state index contributed by atoms with van der Waals surface area (Å²) in [5.41, 5.74) is 8.81. The summed E-state index contributed by atoms with van der Waals surface area (Å²) in [5.74, 6) is 1.78. The number of ether oxygens (including phenoxy) is 1. The monoisotopic (exact) mass is 279 g/mol. The van der Waals surface area contributed by atoms with Crippen molar-refractivity contribution in [2.45, 2.75) is 6.54 Å². The Labute approximate surface area is 123 Å². The van der Waals surface area contributed by atoms with E-state index in [4.69, 9.17) is 10.5 Å². The van der Waals surface area contributed by atoms with Crippen molar-refractivity contribution in [3.63, 3.8) is 0 Å². The second-order valence-electron chi connectivity index (χ2n) is 4.85. The van der Waals surface area contributed by atoms with Gasteiger partial charge in [0.2, 0.25) is 0 Å². The first-order valence-electron chi connectivity index (χ1n) is 6.76. The first-order chi connectivity index (χ1) is 10.3. The van der Waals surface area contributed by atoms with Gasteiger partial charge in [0.25, 0.3) is 0 Å². The molecule has 2 aromatic carbocycles. The Hall–Kier alpha value is -2.75. The third-order valence-corrected chi connectivity index (χ3v) is 3.37. The number of rotatable bonds is 4. The minimum Gasteiger partial charge on any atom is -0.497 e. The molecule has 0 bridgehead atoms. The Morgan fingerprint density at radius 1 is 1.14 bits per heavy atom. The van der Waals surface area contributed by atoms with E-state index in [1.54, 1.807) is 7.11 Å². The molecule has 0 aliphatic rings. The van der Waals surface area contributed by atoms with Gasteiger partial charge in [0.15, 0.2) is 0 Å². The summed E-state index contributed by atoms with van der Waals surface area (Å²) < 4.78 is 7.29. The molecular weight excluding hydrogens is 262 g/mol. The van der Waals surface area contributed by atoms with Crippen LogP contribution in [0.2, 0.25) is 0 Å². The number of anilines is 1. The number of aromatic nitrogens is 2. The third kappa shape index (κ3) is 2.89. The Kier molecular flexibility index (Phi) is 3.60. The van der Waals surface area contributed by atoms with Crippen LogP contribution in [-0.4, -0.2) is 16.7 Å². The van der Waals surface area contributed by atoms with E-state index in [0.29, 0.717) is 0 Å². The Bertz CT molecular complexity index is 732.